The molecule has 1 aliphatic rings. The number of nitrogens with one attached hydrogen (secondary N) is 1. The first-order valence-corrected chi connectivity index (χ1v) is 9.54. The van der Waals surface area contributed by atoms with Crippen molar-refractivity contribution in [1.29, 1.82) is 0 Å². The van der Waals surface area contributed by atoms with E-state index >= 15 is 0 Å². The highest BCUT2D eigenvalue weighted by molar-refractivity contribution is 9.11. The molecule has 1 aromatic rings. The molecule has 1 aliphatic heterocycles. The topological polar surface area (TPSA) is 49.4 Å². The maximum absolute atomic E-state index is 12.1. The summed E-state index contributed by atoms with van der Waals surface area (Å²) in [5, 5.41) is 0. The predicted octanol–water partition coefficient (Wildman–Crippen LogP) is 2.52. The second-order valence-electron chi connectivity index (χ2n) is 5.02. The minimum Gasteiger partial charge on any atom is -0.303 e. The van der Waals surface area contributed by atoms with Gasteiger partial charge in [-0.3, -0.25) is 0 Å². The van der Waals surface area contributed by atoms with E-state index in [2.05, 4.69) is 32.5 Å². The minimum atomic E-state index is -3.35. The second kappa shape index (κ2) is 6.67. The van der Waals surface area contributed by atoms with Crippen LogP contribution in [0.2, 0.25) is 0 Å². The maximum atomic E-state index is 12.1. The van der Waals surface area contributed by atoms with Crippen LogP contribution in [0.4, 0.5) is 0 Å². The molecular weight excluding hydrogens is 348 g/mol. The highest BCUT2D eigenvalue weighted by Crippen LogP contribution is 2.25. The van der Waals surface area contributed by atoms with Gasteiger partial charge < -0.3 is 4.90 Å². The lowest BCUT2D eigenvalue weighted by Gasteiger charge is -2.20. The molecule has 19 heavy (non-hydrogen) atoms. The van der Waals surface area contributed by atoms with Gasteiger partial charge in [0.15, 0.2) is 0 Å². The number of rotatable bonds is 6. The molecule has 0 amide bonds. The van der Waals surface area contributed by atoms with Crippen LogP contribution in [-0.4, -0.2) is 39.5 Å². The number of likely N-dealkylation sites (tertiary alicyclic amines) is 1. The quantitative estimate of drug-likeness (QED) is 0.841. The third-order valence-electron chi connectivity index (χ3n) is 3.20. The van der Waals surface area contributed by atoms with Crippen LogP contribution in [0.5, 0.6) is 0 Å². The Morgan fingerprint density at radius 1 is 1.42 bits per heavy atom. The highest BCUT2D eigenvalue weighted by atomic mass is 79.9. The molecule has 2 rings (SSSR count). The minimum absolute atomic E-state index is 0.330. The lowest BCUT2D eigenvalue weighted by molar-refractivity contribution is 0.288. The van der Waals surface area contributed by atoms with E-state index < -0.39 is 10.0 Å². The van der Waals surface area contributed by atoms with Crippen molar-refractivity contribution in [3.05, 3.63) is 15.9 Å². The first kappa shape index (κ1) is 15.4. The fourth-order valence-corrected chi connectivity index (χ4v) is 5.46. The third-order valence-corrected chi connectivity index (χ3v) is 6.74. The van der Waals surface area contributed by atoms with Crippen LogP contribution in [-0.2, 0) is 10.0 Å². The normalized spacial score (nSPS) is 18.8. The standard InChI is InChI=1S/C12H19BrN2O2S2/c1-10(9-15-6-2-3-7-15)8-14-19(16,17)12-5-4-11(13)18-12/h4-5,10,14H,2-3,6-9H2,1H3. The lowest BCUT2D eigenvalue weighted by atomic mass is 10.2. The van der Waals surface area contributed by atoms with Crippen molar-refractivity contribution < 1.29 is 8.42 Å². The van der Waals surface area contributed by atoms with Gasteiger partial charge in [-0.15, -0.1) is 11.3 Å². The Hall–Kier alpha value is 0.0500. The number of hydrogen-bond acceptors (Lipinski definition) is 4. The zero-order valence-electron chi connectivity index (χ0n) is 10.9. The van der Waals surface area contributed by atoms with E-state index in [0.29, 0.717) is 16.7 Å². The Labute approximate surface area is 127 Å². The first-order chi connectivity index (χ1) is 8.97. The van der Waals surface area contributed by atoms with Crippen molar-refractivity contribution in [2.75, 3.05) is 26.2 Å². The Bertz CT molecular complexity index is 510. The van der Waals surface area contributed by atoms with E-state index in [9.17, 15) is 8.42 Å². The predicted molar refractivity (Wildman–Crippen MR) is 82.0 cm³/mol. The first-order valence-electron chi connectivity index (χ1n) is 6.45. The van der Waals surface area contributed by atoms with Crippen molar-refractivity contribution in [3.63, 3.8) is 0 Å². The molecule has 1 fully saturated rings. The Balaban J connectivity index is 1.83. The molecule has 1 aromatic heterocycles. The number of nitrogens with zero attached hydrogens (tertiary/aromatic N) is 1. The molecule has 0 saturated carbocycles. The zero-order valence-corrected chi connectivity index (χ0v) is 14.2. The lowest BCUT2D eigenvalue weighted by Crippen LogP contribution is -2.34. The van der Waals surface area contributed by atoms with E-state index in [0.717, 1.165) is 23.4 Å². The van der Waals surface area contributed by atoms with Crippen LogP contribution >= 0.6 is 27.3 Å². The molecule has 0 aromatic carbocycles. The van der Waals surface area contributed by atoms with Gasteiger partial charge in [0.05, 0.1) is 3.79 Å². The number of hydrogen-bond donors (Lipinski definition) is 1. The molecule has 4 nitrogen and oxygen atoms in total. The average molecular weight is 367 g/mol. The summed E-state index contributed by atoms with van der Waals surface area (Å²) in [6, 6.07) is 3.38. The van der Waals surface area contributed by atoms with Crippen LogP contribution in [0.25, 0.3) is 0 Å². The zero-order chi connectivity index (χ0) is 13.9. The molecule has 1 unspecified atom stereocenters. The van der Waals surface area contributed by atoms with Gasteiger partial charge in [0, 0.05) is 13.1 Å². The Morgan fingerprint density at radius 3 is 2.68 bits per heavy atom. The third kappa shape index (κ3) is 4.53. The van der Waals surface area contributed by atoms with Gasteiger partial charge in [0.1, 0.15) is 4.21 Å². The summed E-state index contributed by atoms with van der Waals surface area (Å²) in [6.07, 6.45) is 2.53. The van der Waals surface area contributed by atoms with Gasteiger partial charge in [0.25, 0.3) is 0 Å². The molecule has 1 atom stereocenters. The van der Waals surface area contributed by atoms with Crippen LogP contribution in [0.3, 0.4) is 0 Å². The van der Waals surface area contributed by atoms with Gasteiger partial charge in [0.2, 0.25) is 10.0 Å². The summed E-state index contributed by atoms with van der Waals surface area (Å²) in [5.41, 5.74) is 0. The molecule has 2 heterocycles. The second-order valence-corrected chi connectivity index (χ2v) is 9.48. The maximum Gasteiger partial charge on any atom is 0.250 e. The van der Waals surface area contributed by atoms with Crippen molar-refractivity contribution in [1.82, 2.24) is 9.62 Å². The number of sulfonamides is 1. The number of halogens is 1. The summed E-state index contributed by atoms with van der Waals surface area (Å²) in [7, 11) is -3.35. The molecule has 0 bridgehead atoms. The van der Waals surface area contributed by atoms with E-state index in [1.54, 1.807) is 12.1 Å². The Kier molecular flexibility index (Phi) is 5.42. The number of thiophene rings is 1. The molecule has 0 spiro atoms. The van der Waals surface area contributed by atoms with Gasteiger partial charge in [-0.1, -0.05) is 6.92 Å². The van der Waals surface area contributed by atoms with E-state index in [-0.39, 0.29) is 0 Å². The summed E-state index contributed by atoms with van der Waals surface area (Å²) >= 11 is 4.52. The largest absolute Gasteiger partial charge is 0.303 e. The molecule has 1 saturated heterocycles. The smallest absolute Gasteiger partial charge is 0.250 e. The molecule has 7 heteroatoms. The van der Waals surface area contributed by atoms with Gasteiger partial charge in [-0.05, 0) is 59.9 Å². The van der Waals surface area contributed by atoms with E-state index in [1.165, 1.54) is 24.2 Å². The molecule has 0 radical (unpaired) electrons. The fraction of sp³-hybridized carbons (Fsp3) is 0.667. The van der Waals surface area contributed by atoms with E-state index in [4.69, 9.17) is 0 Å². The van der Waals surface area contributed by atoms with Gasteiger partial charge >= 0.3 is 0 Å². The van der Waals surface area contributed by atoms with Crippen LogP contribution in [0, 0.1) is 5.92 Å². The molecular formula is C12H19BrN2O2S2. The van der Waals surface area contributed by atoms with Crippen LogP contribution < -0.4 is 4.72 Å². The molecule has 108 valence electrons. The molecule has 0 aliphatic carbocycles. The average Bonchev–Trinajstić information content (AvgIpc) is 2.98. The molecule has 1 N–H and O–H groups in total. The van der Waals surface area contributed by atoms with Crippen LogP contribution in [0.15, 0.2) is 20.1 Å². The van der Waals surface area contributed by atoms with E-state index in [1.807, 2.05) is 0 Å². The fourth-order valence-electron chi connectivity index (χ4n) is 2.24. The van der Waals surface area contributed by atoms with Crippen molar-refractivity contribution in [2.24, 2.45) is 5.92 Å². The summed E-state index contributed by atoms with van der Waals surface area (Å²) in [6.45, 7) is 5.85. The summed E-state index contributed by atoms with van der Waals surface area (Å²) < 4.78 is 28.0. The summed E-state index contributed by atoms with van der Waals surface area (Å²) in [4.78, 5) is 2.40. The van der Waals surface area contributed by atoms with Crippen molar-refractivity contribution >= 4 is 37.3 Å². The van der Waals surface area contributed by atoms with Gasteiger partial charge in [-0.25, -0.2) is 13.1 Å². The van der Waals surface area contributed by atoms with Gasteiger partial charge in [-0.2, -0.15) is 0 Å². The van der Waals surface area contributed by atoms with Crippen LogP contribution in [0.1, 0.15) is 19.8 Å². The monoisotopic (exact) mass is 366 g/mol. The Morgan fingerprint density at radius 2 is 2.11 bits per heavy atom. The SMILES string of the molecule is CC(CNS(=O)(=O)c1ccc(Br)s1)CN1CCCC1. The van der Waals surface area contributed by atoms with Crippen molar-refractivity contribution in [2.45, 2.75) is 24.0 Å². The highest BCUT2D eigenvalue weighted by Gasteiger charge is 2.19. The van der Waals surface area contributed by atoms with Crippen molar-refractivity contribution in [3.8, 4) is 0 Å². The summed E-state index contributed by atoms with van der Waals surface area (Å²) in [5.74, 6) is 0.330.